The van der Waals surface area contributed by atoms with E-state index in [1.54, 1.807) is 24.3 Å². The highest BCUT2D eigenvalue weighted by Crippen LogP contribution is 2.43. The van der Waals surface area contributed by atoms with Gasteiger partial charge in [-0.1, -0.05) is 36.0 Å². The molecule has 0 unspecified atom stereocenters. The second-order valence-corrected chi connectivity index (χ2v) is 8.69. The molecule has 2 N–H and O–H groups in total. The predicted octanol–water partition coefficient (Wildman–Crippen LogP) is 3.42. The third kappa shape index (κ3) is 5.24. The zero-order valence-corrected chi connectivity index (χ0v) is 20.1. The highest BCUT2D eigenvalue weighted by Gasteiger charge is 2.45. The van der Waals surface area contributed by atoms with Crippen molar-refractivity contribution in [3.63, 3.8) is 0 Å². The number of nitriles is 1. The summed E-state index contributed by atoms with van der Waals surface area (Å²) in [4.78, 5) is 38.0. The maximum absolute atomic E-state index is 12.9. The van der Waals surface area contributed by atoms with Gasteiger partial charge in [-0.2, -0.15) is 5.26 Å². The van der Waals surface area contributed by atoms with Gasteiger partial charge in [0.15, 0.2) is 0 Å². The number of anilines is 1. The minimum Gasteiger partial charge on any atom is -0.496 e. The summed E-state index contributed by atoms with van der Waals surface area (Å²) < 4.78 is 10.3. The standard InChI is InChI=1S/C25H25N3O5S/c1-14-9-10-16(11-15(14)2)27-20(29)13-34-24-18(12-26)21(17-7-5-6-8-19(17)32-3)22(23(30)28-24)25(31)33-4/h5-11,21-22H,13H2,1-4H3,(H,27,29)(H,28,30)/t21-,22-/m0/s1. The van der Waals surface area contributed by atoms with Gasteiger partial charge in [0.05, 0.1) is 36.6 Å². The number of ether oxygens (including phenoxy) is 2. The number of nitrogens with one attached hydrogen (secondary N) is 2. The van der Waals surface area contributed by atoms with Crippen molar-refractivity contribution >= 4 is 35.2 Å². The van der Waals surface area contributed by atoms with Crippen molar-refractivity contribution in [2.75, 3.05) is 25.3 Å². The summed E-state index contributed by atoms with van der Waals surface area (Å²) in [7, 11) is 2.66. The Morgan fingerprint density at radius 3 is 2.53 bits per heavy atom. The Kier molecular flexibility index (Phi) is 7.97. The number of allylic oxidation sites excluding steroid dienone is 1. The molecular formula is C25H25N3O5S. The maximum Gasteiger partial charge on any atom is 0.319 e. The Balaban J connectivity index is 1.92. The number of benzene rings is 2. The zero-order valence-electron chi connectivity index (χ0n) is 19.3. The molecule has 0 bridgehead atoms. The van der Waals surface area contributed by atoms with E-state index in [9.17, 15) is 19.6 Å². The number of aryl methyl sites for hydroxylation is 2. The van der Waals surface area contributed by atoms with Gasteiger partial charge in [-0.3, -0.25) is 14.4 Å². The molecule has 0 aromatic heterocycles. The van der Waals surface area contributed by atoms with Gasteiger partial charge in [0.2, 0.25) is 11.8 Å². The molecule has 9 heteroatoms. The normalized spacial score (nSPS) is 17.4. The van der Waals surface area contributed by atoms with Gasteiger partial charge in [-0.15, -0.1) is 0 Å². The average molecular weight is 480 g/mol. The van der Waals surface area contributed by atoms with Crippen LogP contribution in [0.15, 0.2) is 53.1 Å². The fourth-order valence-corrected chi connectivity index (χ4v) is 4.58. The van der Waals surface area contributed by atoms with Crippen LogP contribution >= 0.6 is 11.8 Å². The van der Waals surface area contributed by atoms with Crippen molar-refractivity contribution in [2.24, 2.45) is 5.92 Å². The quantitative estimate of drug-likeness (QED) is 0.461. The number of rotatable bonds is 7. The number of nitrogens with zero attached hydrogens (tertiary/aromatic N) is 1. The first-order valence-corrected chi connectivity index (χ1v) is 11.4. The van der Waals surface area contributed by atoms with Crippen LogP contribution in [0.2, 0.25) is 0 Å². The summed E-state index contributed by atoms with van der Waals surface area (Å²) in [5.74, 6) is -3.49. The molecular weight excluding hydrogens is 454 g/mol. The van der Waals surface area contributed by atoms with Crippen LogP contribution < -0.4 is 15.4 Å². The van der Waals surface area contributed by atoms with Crippen molar-refractivity contribution < 1.29 is 23.9 Å². The van der Waals surface area contributed by atoms with Crippen LogP contribution in [0.25, 0.3) is 0 Å². The van der Waals surface area contributed by atoms with E-state index >= 15 is 0 Å². The van der Waals surface area contributed by atoms with E-state index in [1.807, 2.05) is 32.0 Å². The fraction of sp³-hybridized carbons (Fsp3) is 0.280. The molecule has 34 heavy (non-hydrogen) atoms. The zero-order chi connectivity index (χ0) is 24.8. The Bertz CT molecular complexity index is 1200. The van der Waals surface area contributed by atoms with Gasteiger partial charge in [-0.25, -0.2) is 0 Å². The minimum absolute atomic E-state index is 0.0464. The number of carbonyl (C=O) groups is 3. The van der Waals surface area contributed by atoms with E-state index in [4.69, 9.17) is 9.47 Å². The molecule has 0 saturated carbocycles. The van der Waals surface area contributed by atoms with Gasteiger partial charge in [-0.05, 0) is 43.2 Å². The Morgan fingerprint density at radius 2 is 1.88 bits per heavy atom. The van der Waals surface area contributed by atoms with Crippen molar-refractivity contribution in [3.05, 3.63) is 69.8 Å². The molecule has 3 rings (SSSR count). The molecule has 0 fully saturated rings. The average Bonchev–Trinajstić information content (AvgIpc) is 2.84. The Morgan fingerprint density at radius 1 is 1.15 bits per heavy atom. The van der Waals surface area contributed by atoms with Gasteiger partial charge < -0.3 is 20.1 Å². The van der Waals surface area contributed by atoms with E-state index in [-0.39, 0.29) is 22.3 Å². The summed E-state index contributed by atoms with van der Waals surface area (Å²) in [5.41, 5.74) is 3.48. The molecule has 8 nitrogen and oxygen atoms in total. The van der Waals surface area contributed by atoms with Gasteiger partial charge in [0.1, 0.15) is 11.7 Å². The predicted molar refractivity (Wildman–Crippen MR) is 129 cm³/mol. The number of amides is 2. The molecule has 0 aliphatic carbocycles. The molecule has 2 atom stereocenters. The van der Waals surface area contributed by atoms with E-state index in [0.29, 0.717) is 17.0 Å². The van der Waals surface area contributed by atoms with Crippen molar-refractivity contribution in [2.45, 2.75) is 19.8 Å². The summed E-state index contributed by atoms with van der Waals surface area (Å²) in [6.45, 7) is 3.94. The lowest BCUT2D eigenvalue weighted by molar-refractivity contribution is -0.150. The largest absolute Gasteiger partial charge is 0.496 e. The second kappa shape index (κ2) is 10.9. The maximum atomic E-state index is 12.9. The van der Waals surface area contributed by atoms with Crippen LogP contribution in [0.4, 0.5) is 5.69 Å². The first-order valence-electron chi connectivity index (χ1n) is 10.5. The fourth-order valence-electron chi connectivity index (χ4n) is 3.73. The molecule has 1 heterocycles. The van der Waals surface area contributed by atoms with Crippen molar-refractivity contribution in [3.8, 4) is 11.8 Å². The van der Waals surface area contributed by atoms with Gasteiger partial charge in [0.25, 0.3) is 0 Å². The number of carbonyl (C=O) groups excluding carboxylic acids is 3. The molecule has 1 aliphatic rings. The summed E-state index contributed by atoms with van der Waals surface area (Å²) >= 11 is 1.02. The smallest absolute Gasteiger partial charge is 0.319 e. The third-order valence-electron chi connectivity index (χ3n) is 5.60. The number of esters is 1. The van der Waals surface area contributed by atoms with Crippen molar-refractivity contribution in [1.82, 2.24) is 5.32 Å². The Labute approximate surface area is 202 Å². The van der Waals surface area contributed by atoms with Crippen molar-refractivity contribution in [1.29, 1.82) is 5.26 Å². The molecule has 2 aromatic carbocycles. The number of hydrogen-bond acceptors (Lipinski definition) is 7. The summed E-state index contributed by atoms with van der Waals surface area (Å²) in [6.07, 6.45) is 0. The molecule has 0 saturated heterocycles. The lowest BCUT2D eigenvalue weighted by Gasteiger charge is -2.31. The molecule has 1 aliphatic heterocycles. The number of thioether (sulfide) groups is 1. The number of methoxy groups -OCH3 is 2. The highest BCUT2D eigenvalue weighted by atomic mass is 32.2. The Hall–Kier alpha value is -3.77. The number of para-hydroxylation sites is 1. The van der Waals surface area contributed by atoms with E-state index in [0.717, 1.165) is 22.9 Å². The summed E-state index contributed by atoms with van der Waals surface area (Å²) in [6, 6.07) is 14.6. The molecule has 176 valence electrons. The SMILES string of the molecule is COC(=O)[C@@H]1C(=O)NC(SCC(=O)Nc2ccc(C)c(C)c2)=C(C#N)[C@@H]1c1ccccc1OC. The number of hydrogen-bond donors (Lipinski definition) is 2. The third-order valence-corrected chi connectivity index (χ3v) is 6.61. The monoisotopic (exact) mass is 479 g/mol. The second-order valence-electron chi connectivity index (χ2n) is 7.70. The topological polar surface area (TPSA) is 118 Å². The van der Waals surface area contributed by atoms with E-state index < -0.39 is 23.7 Å². The van der Waals surface area contributed by atoms with Crippen LogP contribution in [0.5, 0.6) is 5.75 Å². The van der Waals surface area contributed by atoms with Crippen LogP contribution in [0.3, 0.4) is 0 Å². The first kappa shape index (κ1) is 24.9. The van der Waals surface area contributed by atoms with E-state index in [1.165, 1.54) is 14.2 Å². The lowest BCUT2D eigenvalue weighted by atomic mass is 9.78. The minimum atomic E-state index is -1.27. The van der Waals surface area contributed by atoms with Crippen LogP contribution in [0, 0.1) is 31.1 Å². The van der Waals surface area contributed by atoms with Crippen LogP contribution in [-0.2, 0) is 19.1 Å². The van der Waals surface area contributed by atoms with Gasteiger partial charge in [0, 0.05) is 17.2 Å². The summed E-state index contributed by atoms with van der Waals surface area (Å²) in [5, 5.41) is 15.7. The molecule has 2 aromatic rings. The van der Waals surface area contributed by atoms with E-state index in [2.05, 4.69) is 16.7 Å². The van der Waals surface area contributed by atoms with Crippen LogP contribution in [-0.4, -0.2) is 37.8 Å². The molecule has 2 amide bonds. The molecule has 0 radical (unpaired) electrons. The first-order chi connectivity index (χ1) is 16.3. The highest BCUT2D eigenvalue weighted by molar-refractivity contribution is 8.03. The van der Waals surface area contributed by atoms with Gasteiger partial charge >= 0.3 is 5.97 Å². The lowest BCUT2D eigenvalue weighted by Crippen LogP contribution is -2.44. The van der Waals surface area contributed by atoms with Crippen LogP contribution in [0.1, 0.15) is 22.6 Å². The molecule has 0 spiro atoms.